The van der Waals surface area contributed by atoms with Crippen molar-refractivity contribution in [2.45, 2.75) is 6.92 Å². The van der Waals surface area contributed by atoms with E-state index >= 15 is 0 Å². The number of aryl methyl sites for hydroxylation is 1. The Balaban J connectivity index is 1.49. The highest BCUT2D eigenvalue weighted by molar-refractivity contribution is 5.89. The van der Waals surface area contributed by atoms with E-state index in [9.17, 15) is 9.59 Å². The topological polar surface area (TPSA) is 65.1 Å². The van der Waals surface area contributed by atoms with Crippen molar-refractivity contribution in [2.24, 2.45) is 0 Å². The Kier molecular flexibility index (Phi) is 5.20. The van der Waals surface area contributed by atoms with Gasteiger partial charge >= 0.3 is 12.1 Å². The molecule has 0 radical (unpaired) electrons. The lowest BCUT2D eigenvalue weighted by Gasteiger charge is -2.38. The fourth-order valence-electron chi connectivity index (χ4n) is 2.98. The molecule has 7 nitrogen and oxygen atoms in total. The Labute approximate surface area is 142 Å². The largest absolute Gasteiger partial charge is 0.378 e. The lowest BCUT2D eigenvalue weighted by Crippen LogP contribution is -2.56. The number of morpholine rings is 1. The zero-order chi connectivity index (χ0) is 16.9. The number of piperazine rings is 1. The van der Waals surface area contributed by atoms with Crippen LogP contribution in [0.15, 0.2) is 24.3 Å². The molecular weight excluding hydrogens is 308 g/mol. The molecule has 0 aromatic heterocycles. The second-order valence-electron chi connectivity index (χ2n) is 6.16. The molecule has 24 heavy (non-hydrogen) atoms. The summed E-state index contributed by atoms with van der Waals surface area (Å²) >= 11 is 0. The first-order chi connectivity index (χ1) is 11.6. The van der Waals surface area contributed by atoms with Gasteiger partial charge in [0.05, 0.1) is 13.2 Å². The van der Waals surface area contributed by atoms with Crippen molar-refractivity contribution < 1.29 is 14.3 Å². The van der Waals surface area contributed by atoms with Gasteiger partial charge in [-0.1, -0.05) is 12.1 Å². The van der Waals surface area contributed by atoms with Crippen molar-refractivity contribution in [1.29, 1.82) is 0 Å². The van der Waals surface area contributed by atoms with Gasteiger partial charge < -0.3 is 24.8 Å². The number of carbonyl (C=O) groups excluding carboxylic acids is 2. The first-order valence-corrected chi connectivity index (χ1v) is 8.38. The van der Waals surface area contributed by atoms with Crippen LogP contribution >= 0.6 is 0 Å². The second-order valence-corrected chi connectivity index (χ2v) is 6.16. The van der Waals surface area contributed by atoms with Gasteiger partial charge in [0.2, 0.25) is 0 Å². The molecule has 130 valence electrons. The van der Waals surface area contributed by atoms with E-state index in [4.69, 9.17) is 4.74 Å². The van der Waals surface area contributed by atoms with E-state index in [1.165, 1.54) is 0 Å². The summed E-state index contributed by atoms with van der Waals surface area (Å²) < 4.78 is 5.28. The highest BCUT2D eigenvalue weighted by atomic mass is 16.5. The normalized spacial score (nSPS) is 18.5. The third-order valence-corrected chi connectivity index (χ3v) is 4.39. The number of hydrogen-bond donors (Lipinski definition) is 1. The maximum atomic E-state index is 12.4. The zero-order valence-corrected chi connectivity index (χ0v) is 14.0. The third kappa shape index (κ3) is 3.97. The highest BCUT2D eigenvalue weighted by Gasteiger charge is 2.28. The van der Waals surface area contributed by atoms with Crippen LogP contribution in [0.5, 0.6) is 0 Å². The molecule has 4 amide bonds. The van der Waals surface area contributed by atoms with Crippen LogP contribution in [-0.2, 0) is 4.74 Å². The Morgan fingerprint density at radius 2 is 1.58 bits per heavy atom. The van der Waals surface area contributed by atoms with E-state index in [-0.39, 0.29) is 12.1 Å². The fourth-order valence-corrected chi connectivity index (χ4v) is 2.98. The number of amides is 4. The summed E-state index contributed by atoms with van der Waals surface area (Å²) in [5.74, 6) is 0. The molecule has 0 aliphatic carbocycles. The molecule has 2 aliphatic rings. The molecule has 2 fully saturated rings. The summed E-state index contributed by atoms with van der Waals surface area (Å²) in [6.07, 6.45) is 0. The van der Waals surface area contributed by atoms with Crippen LogP contribution in [0.4, 0.5) is 15.3 Å². The van der Waals surface area contributed by atoms with E-state index in [0.29, 0.717) is 52.5 Å². The van der Waals surface area contributed by atoms with Crippen LogP contribution in [0.2, 0.25) is 0 Å². The Hall–Kier alpha value is -2.28. The molecule has 2 heterocycles. The molecule has 0 atom stereocenters. The van der Waals surface area contributed by atoms with Gasteiger partial charge in [0.25, 0.3) is 0 Å². The number of hydrogen-bond acceptors (Lipinski definition) is 3. The van der Waals surface area contributed by atoms with Gasteiger partial charge in [-0.2, -0.15) is 0 Å². The molecule has 0 unspecified atom stereocenters. The summed E-state index contributed by atoms with van der Waals surface area (Å²) in [6.45, 7) is 6.72. The van der Waals surface area contributed by atoms with Crippen LogP contribution in [-0.4, -0.2) is 79.2 Å². The minimum Gasteiger partial charge on any atom is -0.378 e. The molecule has 2 aliphatic heterocycles. The maximum absolute atomic E-state index is 12.4. The van der Waals surface area contributed by atoms with Crippen molar-refractivity contribution in [1.82, 2.24) is 14.7 Å². The number of anilines is 1. The number of ether oxygens (including phenoxy) is 1. The van der Waals surface area contributed by atoms with Gasteiger partial charge in [-0.05, 0) is 24.6 Å². The molecule has 0 spiro atoms. The van der Waals surface area contributed by atoms with Crippen LogP contribution in [0.3, 0.4) is 0 Å². The summed E-state index contributed by atoms with van der Waals surface area (Å²) in [4.78, 5) is 30.2. The molecular formula is C17H24N4O3. The number of nitrogens with one attached hydrogen (secondary N) is 1. The van der Waals surface area contributed by atoms with Gasteiger partial charge in [0.1, 0.15) is 0 Å². The molecule has 1 aromatic carbocycles. The standard InChI is InChI=1S/C17H24N4O3/c1-14-3-2-4-15(13-14)18-16(22)19-5-7-20(8-6-19)17(23)21-9-11-24-12-10-21/h2-4,13H,5-12H2,1H3,(H,18,22). The minimum absolute atomic E-state index is 0.0528. The smallest absolute Gasteiger partial charge is 0.321 e. The maximum Gasteiger partial charge on any atom is 0.321 e. The number of benzene rings is 1. The minimum atomic E-state index is -0.112. The molecule has 1 aromatic rings. The molecule has 2 saturated heterocycles. The van der Waals surface area contributed by atoms with Gasteiger partial charge in [-0.15, -0.1) is 0 Å². The first kappa shape index (κ1) is 16.6. The second kappa shape index (κ2) is 7.53. The molecule has 1 N–H and O–H groups in total. The number of urea groups is 2. The van der Waals surface area contributed by atoms with Crippen molar-refractivity contribution in [2.75, 3.05) is 57.8 Å². The average molecular weight is 332 g/mol. The SMILES string of the molecule is Cc1cccc(NC(=O)N2CCN(C(=O)N3CCOCC3)CC2)c1. The summed E-state index contributed by atoms with van der Waals surface area (Å²) in [5, 5.41) is 2.92. The van der Waals surface area contributed by atoms with E-state index in [0.717, 1.165) is 11.3 Å². The number of carbonyl (C=O) groups is 2. The van der Waals surface area contributed by atoms with Crippen LogP contribution in [0, 0.1) is 6.92 Å². The Morgan fingerprint density at radius 3 is 2.25 bits per heavy atom. The van der Waals surface area contributed by atoms with Gasteiger partial charge in [-0.25, -0.2) is 9.59 Å². The van der Waals surface area contributed by atoms with Gasteiger partial charge in [0, 0.05) is 45.0 Å². The van der Waals surface area contributed by atoms with Gasteiger partial charge in [-0.3, -0.25) is 0 Å². The monoisotopic (exact) mass is 332 g/mol. The first-order valence-electron chi connectivity index (χ1n) is 8.38. The molecule has 3 rings (SSSR count). The van der Waals surface area contributed by atoms with Crippen molar-refractivity contribution in [3.8, 4) is 0 Å². The Morgan fingerprint density at radius 1 is 0.958 bits per heavy atom. The van der Waals surface area contributed by atoms with Crippen molar-refractivity contribution in [3.05, 3.63) is 29.8 Å². The quantitative estimate of drug-likeness (QED) is 0.849. The number of nitrogens with zero attached hydrogens (tertiary/aromatic N) is 3. The van der Waals surface area contributed by atoms with E-state index in [1.54, 1.807) is 4.90 Å². The van der Waals surface area contributed by atoms with E-state index in [2.05, 4.69) is 5.32 Å². The van der Waals surface area contributed by atoms with Crippen molar-refractivity contribution >= 4 is 17.7 Å². The fraction of sp³-hybridized carbons (Fsp3) is 0.529. The van der Waals surface area contributed by atoms with Crippen LogP contribution in [0.1, 0.15) is 5.56 Å². The summed E-state index contributed by atoms with van der Waals surface area (Å²) in [7, 11) is 0. The summed E-state index contributed by atoms with van der Waals surface area (Å²) in [5.41, 5.74) is 1.90. The number of rotatable bonds is 1. The van der Waals surface area contributed by atoms with E-state index in [1.807, 2.05) is 41.0 Å². The van der Waals surface area contributed by atoms with Crippen molar-refractivity contribution in [3.63, 3.8) is 0 Å². The summed E-state index contributed by atoms with van der Waals surface area (Å²) in [6, 6.07) is 7.67. The predicted molar refractivity (Wildman–Crippen MR) is 91.1 cm³/mol. The third-order valence-electron chi connectivity index (χ3n) is 4.39. The molecule has 0 saturated carbocycles. The predicted octanol–water partition coefficient (Wildman–Crippen LogP) is 1.60. The lowest BCUT2D eigenvalue weighted by molar-refractivity contribution is 0.0394. The Bertz CT molecular complexity index is 593. The average Bonchev–Trinajstić information content (AvgIpc) is 2.62. The highest BCUT2D eigenvalue weighted by Crippen LogP contribution is 2.12. The lowest BCUT2D eigenvalue weighted by atomic mass is 10.2. The zero-order valence-electron chi connectivity index (χ0n) is 14.0. The van der Waals surface area contributed by atoms with E-state index < -0.39 is 0 Å². The van der Waals surface area contributed by atoms with Crippen LogP contribution in [0.25, 0.3) is 0 Å². The molecule has 0 bridgehead atoms. The van der Waals surface area contributed by atoms with Crippen LogP contribution < -0.4 is 5.32 Å². The molecule has 7 heteroatoms. The van der Waals surface area contributed by atoms with Gasteiger partial charge in [0.15, 0.2) is 0 Å².